The van der Waals surface area contributed by atoms with Gasteiger partial charge in [0, 0.05) is 0 Å². The lowest BCUT2D eigenvalue weighted by Crippen LogP contribution is -2.09. The van der Waals surface area contributed by atoms with Gasteiger partial charge in [-0.1, -0.05) is 48.5 Å². The van der Waals surface area contributed by atoms with E-state index in [1.165, 1.54) is 12.1 Å². The number of halogens is 1. The van der Waals surface area contributed by atoms with E-state index in [0.29, 0.717) is 0 Å². The Bertz CT molecular complexity index is 698. The summed E-state index contributed by atoms with van der Waals surface area (Å²) in [5.74, 6) is -0.250. The van der Waals surface area contributed by atoms with E-state index < -0.39 is 0 Å². The van der Waals surface area contributed by atoms with Crippen LogP contribution in [0, 0.1) is 5.82 Å². The first-order valence-corrected chi connectivity index (χ1v) is 7.03. The van der Waals surface area contributed by atoms with Gasteiger partial charge in [-0.2, -0.15) is 5.10 Å². The average molecular weight is 290 g/mol. The van der Waals surface area contributed by atoms with E-state index in [1.54, 1.807) is 18.3 Å². The molecule has 0 bridgehead atoms. The maximum Gasteiger partial charge on any atom is 0.123 e. The number of rotatable bonds is 4. The van der Waals surface area contributed by atoms with Crippen molar-refractivity contribution >= 4 is 17.6 Å². The van der Waals surface area contributed by atoms with Crippen LogP contribution < -0.4 is 5.01 Å². The molecule has 0 saturated heterocycles. The van der Waals surface area contributed by atoms with Gasteiger partial charge in [0.2, 0.25) is 0 Å². The zero-order valence-electron chi connectivity index (χ0n) is 11.9. The van der Waals surface area contributed by atoms with Gasteiger partial charge >= 0.3 is 0 Å². The minimum Gasteiger partial charge on any atom is -0.234 e. The van der Waals surface area contributed by atoms with Crippen molar-refractivity contribution in [2.45, 2.75) is 0 Å². The molecule has 3 aromatic carbocycles. The standard InChI is InChI=1S/C19H15FN2/c20-17-13-11-16(12-14-17)15-21-22(18-7-3-1-4-8-18)19-9-5-2-6-10-19/h1-15H/b21-15-. The first-order chi connectivity index (χ1) is 10.8. The summed E-state index contributed by atoms with van der Waals surface area (Å²) in [6, 6.07) is 26.1. The summed E-state index contributed by atoms with van der Waals surface area (Å²) in [6.07, 6.45) is 1.72. The number of anilines is 2. The second-order valence-electron chi connectivity index (χ2n) is 4.78. The van der Waals surface area contributed by atoms with Crippen LogP contribution in [-0.2, 0) is 0 Å². The summed E-state index contributed by atoms with van der Waals surface area (Å²) in [5, 5.41) is 6.40. The SMILES string of the molecule is Fc1ccc(/C=N\N(c2ccccc2)c2ccccc2)cc1. The molecule has 0 amide bonds. The van der Waals surface area contributed by atoms with Crippen LogP contribution in [0.4, 0.5) is 15.8 Å². The molecule has 0 radical (unpaired) electrons. The number of nitrogens with zero attached hydrogens (tertiary/aromatic N) is 2. The molecule has 0 N–H and O–H groups in total. The van der Waals surface area contributed by atoms with E-state index in [2.05, 4.69) is 5.10 Å². The highest BCUT2D eigenvalue weighted by atomic mass is 19.1. The van der Waals surface area contributed by atoms with E-state index in [9.17, 15) is 4.39 Å². The second-order valence-corrected chi connectivity index (χ2v) is 4.78. The van der Waals surface area contributed by atoms with Crippen molar-refractivity contribution in [2.75, 3.05) is 5.01 Å². The molecule has 3 heteroatoms. The van der Waals surface area contributed by atoms with Crippen LogP contribution >= 0.6 is 0 Å². The van der Waals surface area contributed by atoms with E-state index in [-0.39, 0.29) is 5.82 Å². The molecule has 22 heavy (non-hydrogen) atoms. The molecule has 0 spiro atoms. The molecule has 3 rings (SSSR count). The van der Waals surface area contributed by atoms with Gasteiger partial charge in [0.15, 0.2) is 0 Å². The van der Waals surface area contributed by atoms with Gasteiger partial charge in [0.1, 0.15) is 5.82 Å². The molecule has 2 nitrogen and oxygen atoms in total. The maximum absolute atomic E-state index is 13.0. The molecule has 0 aliphatic rings. The van der Waals surface area contributed by atoms with Gasteiger partial charge in [-0.05, 0) is 42.0 Å². The zero-order chi connectivity index (χ0) is 15.2. The third kappa shape index (κ3) is 3.38. The first kappa shape index (κ1) is 14.0. The molecule has 3 aromatic rings. The van der Waals surface area contributed by atoms with Crippen LogP contribution in [-0.4, -0.2) is 6.21 Å². The smallest absolute Gasteiger partial charge is 0.123 e. The monoisotopic (exact) mass is 290 g/mol. The second kappa shape index (κ2) is 6.68. The number of benzene rings is 3. The van der Waals surface area contributed by atoms with Gasteiger partial charge in [0.25, 0.3) is 0 Å². The fourth-order valence-corrected chi connectivity index (χ4v) is 2.09. The molecular formula is C19H15FN2. The number of hydrogen-bond donors (Lipinski definition) is 0. The molecular weight excluding hydrogens is 275 g/mol. The number of para-hydroxylation sites is 2. The summed E-state index contributed by atoms with van der Waals surface area (Å²) in [4.78, 5) is 0. The molecule has 0 heterocycles. The van der Waals surface area contributed by atoms with Crippen molar-refractivity contribution in [3.63, 3.8) is 0 Å². The van der Waals surface area contributed by atoms with Crippen molar-refractivity contribution in [3.05, 3.63) is 96.3 Å². The van der Waals surface area contributed by atoms with Gasteiger partial charge in [0.05, 0.1) is 17.6 Å². The average Bonchev–Trinajstić information content (AvgIpc) is 2.59. The van der Waals surface area contributed by atoms with E-state index in [1.807, 2.05) is 65.7 Å². The van der Waals surface area contributed by atoms with Crippen LogP contribution in [0.1, 0.15) is 5.56 Å². The van der Waals surface area contributed by atoms with Crippen LogP contribution in [0.3, 0.4) is 0 Å². The van der Waals surface area contributed by atoms with Crippen molar-refractivity contribution < 1.29 is 4.39 Å². The normalized spacial score (nSPS) is 10.8. The van der Waals surface area contributed by atoms with E-state index >= 15 is 0 Å². The van der Waals surface area contributed by atoms with Crippen molar-refractivity contribution in [2.24, 2.45) is 5.10 Å². The highest BCUT2D eigenvalue weighted by Gasteiger charge is 2.06. The molecule has 0 unspecified atom stereocenters. The fourth-order valence-electron chi connectivity index (χ4n) is 2.09. The molecule has 0 aliphatic heterocycles. The Morgan fingerprint density at radius 3 is 1.68 bits per heavy atom. The molecule has 108 valence electrons. The van der Waals surface area contributed by atoms with Crippen molar-refractivity contribution in [1.82, 2.24) is 0 Å². The van der Waals surface area contributed by atoms with Gasteiger partial charge in [-0.25, -0.2) is 9.40 Å². The van der Waals surface area contributed by atoms with Crippen molar-refractivity contribution in [1.29, 1.82) is 0 Å². The Morgan fingerprint density at radius 2 is 1.18 bits per heavy atom. The van der Waals surface area contributed by atoms with Crippen LogP contribution in [0.25, 0.3) is 0 Å². The topological polar surface area (TPSA) is 15.6 Å². The first-order valence-electron chi connectivity index (χ1n) is 7.03. The third-order valence-electron chi connectivity index (χ3n) is 3.19. The molecule has 0 aromatic heterocycles. The largest absolute Gasteiger partial charge is 0.234 e. The van der Waals surface area contributed by atoms with Crippen LogP contribution in [0.15, 0.2) is 90.0 Å². The van der Waals surface area contributed by atoms with Crippen LogP contribution in [0.5, 0.6) is 0 Å². The molecule has 0 fully saturated rings. The van der Waals surface area contributed by atoms with Gasteiger partial charge in [-0.15, -0.1) is 0 Å². The molecule has 0 aliphatic carbocycles. The van der Waals surface area contributed by atoms with Gasteiger partial charge < -0.3 is 0 Å². The highest BCUT2D eigenvalue weighted by Crippen LogP contribution is 2.25. The summed E-state index contributed by atoms with van der Waals surface area (Å²) in [6.45, 7) is 0. The minimum absolute atomic E-state index is 0.250. The number of hydrogen-bond acceptors (Lipinski definition) is 2. The highest BCUT2D eigenvalue weighted by molar-refractivity contribution is 5.81. The predicted molar refractivity (Wildman–Crippen MR) is 89.0 cm³/mol. The van der Waals surface area contributed by atoms with E-state index in [4.69, 9.17) is 0 Å². The van der Waals surface area contributed by atoms with Crippen molar-refractivity contribution in [3.8, 4) is 0 Å². The lowest BCUT2D eigenvalue weighted by molar-refractivity contribution is 0.628. The Labute approximate surface area is 129 Å². The summed E-state index contributed by atoms with van der Waals surface area (Å²) in [5.41, 5.74) is 2.78. The van der Waals surface area contributed by atoms with Gasteiger partial charge in [-0.3, -0.25) is 0 Å². The fraction of sp³-hybridized carbons (Fsp3) is 0. The summed E-state index contributed by atoms with van der Waals surface area (Å²) >= 11 is 0. The zero-order valence-corrected chi connectivity index (χ0v) is 11.9. The Hall–Kier alpha value is -2.94. The maximum atomic E-state index is 13.0. The quantitative estimate of drug-likeness (QED) is 0.488. The van der Waals surface area contributed by atoms with Crippen LogP contribution in [0.2, 0.25) is 0 Å². The summed E-state index contributed by atoms with van der Waals surface area (Å²) < 4.78 is 13.0. The minimum atomic E-state index is -0.250. The Kier molecular flexibility index (Phi) is 4.25. The number of hydrazone groups is 1. The molecule has 0 atom stereocenters. The third-order valence-corrected chi connectivity index (χ3v) is 3.19. The lowest BCUT2D eigenvalue weighted by atomic mass is 10.2. The molecule has 0 saturated carbocycles. The Morgan fingerprint density at radius 1 is 0.682 bits per heavy atom. The predicted octanol–water partition coefficient (Wildman–Crippen LogP) is 5.00. The lowest BCUT2D eigenvalue weighted by Gasteiger charge is -2.19. The Balaban J connectivity index is 1.94. The van der Waals surface area contributed by atoms with E-state index in [0.717, 1.165) is 16.9 Å². The summed E-state index contributed by atoms with van der Waals surface area (Å²) in [7, 11) is 0.